The molecule has 0 heterocycles. The van der Waals surface area contributed by atoms with Crippen LogP contribution in [0.2, 0.25) is 0 Å². The largest absolute Gasteiger partial charge is 0.315 e. The van der Waals surface area contributed by atoms with E-state index in [0.717, 1.165) is 16.5 Å². The molecule has 6 heteroatoms. The number of anilines is 1. The van der Waals surface area contributed by atoms with Gasteiger partial charge >= 0.3 is 0 Å². The summed E-state index contributed by atoms with van der Waals surface area (Å²) in [5, 5.41) is 2.66. The molecule has 0 aliphatic heterocycles. The molecule has 1 rings (SSSR count). The number of hydrogen-bond donors (Lipinski definition) is 2. The van der Waals surface area contributed by atoms with Gasteiger partial charge in [0.1, 0.15) is 0 Å². The molecule has 1 atom stereocenters. The molecular formula is C12H19IN2O2S. The SMILES string of the molecule is CCCNCC(C)S(=O)(=O)Nc1cccc(I)c1. The number of sulfonamides is 1. The summed E-state index contributed by atoms with van der Waals surface area (Å²) in [5.41, 5.74) is 0.615. The van der Waals surface area contributed by atoms with Crippen molar-refractivity contribution in [3.05, 3.63) is 27.8 Å². The molecule has 0 amide bonds. The highest BCUT2D eigenvalue weighted by Crippen LogP contribution is 2.15. The first-order chi connectivity index (χ1) is 8.45. The third-order valence-electron chi connectivity index (χ3n) is 2.47. The molecule has 1 aromatic carbocycles. The zero-order chi connectivity index (χ0) is 13.6. The molecule has 0 bridgehead atoms. The smallest absolute Gasteiger partial charge is 0.236 e. The second kappa shape index (κ2) is 7.30. The summed E-state index contributed by atoms with van der Waals surface area (Å²) in [6, 6.07) is 7.32. The molecule has 18 heavy (non-hydrogen) atoms. The van der Waals surface area contributed by atoms with Gasteiger partial charge in [0.05, 0.1) is 5.25 Å². The Bertz CT molecular complexity index is 477. The Morgan fingerprint density at radius 1 is 1.39 bits per heavy atom. The van der Waals surface area contributed by atoms with Crippen LogP contribution in [0, 0.1) is 3.57 Å². The lowest BCUT2D eigenvalue weighted by Gasteiger charge is -2.15. The summed E-state index contributed by atoms with van der Waals surface area (Å²) >= 11 is 2.15. The average Bonchev–Trinajstić information content (AvgIpc) is 2.28. The topological polar surface area (TPSA) is 58.2 Å². The molecule has 0 aliphatic rings. The van der Waals surface area contributed by atoms with Gasteiger partial charge in [0, 0.05) is 15.8 Å². The normalized spacial score (nSPS) is 13.3. The van der Waals surface area contributed by atoms with E-state index in [1.165, 1.54) is 0 Å². The van der Waals surface area contributed by atoms with E-state index in [1.807, 2.05) is 18.2 Å². The predicted octanol–water partition coefficient (Wildman–Crippen LogP) is 2.42. The Hall–Kier alpha value is -0.340. The first-order valence-corrected chi connectivity index (χ1v) is 8.56. The van der Waals surface area contributed by atoms with E-state index >= 15 is 0 Å². The van der Waals surface area contributed by atoms with Gasteiger partial charge in [0.15, 0.2) is 0 Å². The van der Waals surface area contributed by atoms with Crippen molar-refractivity contribution in [3.8, 4) is 0 Å². The maximum atomic E-state index is 12.1. The summed E-state index contributed by atoms with van der Waals surface area (Å²) in [4.78, 5) is 0. The Kier molecular flexibility index (Phi) is 6.37. The number of halogens is 1. The lowest BCUT2D eigenvalue weighted by Crippen LogP contribution is -2.35. The minimum Gasteiger partial charge on any atom is -0.315 e. The van der Waals surface area contributed by atoms with Gasteiger partial charge in [-0.1, -0.05) is 13.0 Å². The van der Waals surface area contributed by atoms with Crippen LogP contribution in [-0.4, -0.2) is 26.8 Å². The van der Waals surface area contributed by atoms with Crippen LogP contribution in [0.1, 0.15) is 20.3 Å². The standard InChI is InChI=1S/C12H19IN2O2S/c1-3-7-14-9-10(2)18(16,17)15-12-6-4-5-11(13)8-12/h4-6,8,10,14-15H,3,7,9H2,1-2H3. The van der Waals surface area contributed by atoms with E-state index in [2.05, 4.69) is 39.6 Å². The van der Waals surface area contributed by atoms with E-state index in [0.29, 0.717) is 12.2 Å². The Morgan fingerprint density at radius 3 is 2.72 bits per heavy atom. The molecule has 2 N–H and O–H groups in total. The maximum Gasteiger partial charge on any atom is 0.236 e. The van der Waals surface area contributed by atoms with Gasteiger partial charge in [-0.15, -0.1) is 0 Å². The second-order valence-electron chi connectivity index (χ2n) is 4.17. The van der Waals surface area contributed by atoms with E-state index in [1.54, 1.807) is 13.0 Å². The highest BCUT2D eigenvalue weighted by Gasteiger charge is 2.20. The highest BCUT2D eigenvalue weighted by molar-refractivity contribution is 14.1. The van der Waals surface area contributed by atoms with Gasteiger partial charge in [-0.2, -0.15) is 0 Å². The summed E-state index contributed by atoms with van der Waals surface area (Å²) in [7, 11) is -3.33. The van der Waals surface area contributed by atoms with Crippen LogP contribution < -0.4 is 10.0 Å². The summed E-state index contributed by atoms with van der Waals surface area (Å²) in [6.45, 7) is 5.06. The van der Waals surface area contributed by atoms with Gasteiger partial charge < -0.3 is 5.32 Å². The van der Waals surface area contributed by atoms with Crippen LogP contribution in [0.15, 0.2) is 24.3 Å². The van der Waals surface area contributed by atoms with Gasteiger partial charge in [0.2, 0.25) is 10.0 Å². The van der Waals surface area contributed by atoms with Crippen molar-refractivity contribution in [2.24, 2.45) is 0 Å². The van der Waals surface area contributed by atoms with Crippen molar-refractivity contribution in [2.75, 3.05) is 17.8 Å². The summed E-state index contributed by atoms with van der Waals surface area (Å²) in [5.74, 6) is 0. The Morgan fingerprint density at radius 2 is 2.11 bits per heavy atom. The molecule has 0 fully saturated rings. The monoisotopic (exact) mass is 382 g/mol. The molecule has 102 valence electrons. The number of benzene rings is 1. The maximum absolute atomic E-state index is 12.1. The fourth-order valence-electron chi connectivity index (χ4n) is 1.41. The van der Waals surface area contributed by atoms with E-state index in [-0.39, 0.29) is 0 Å². The van der Waals surface area contributed by atoms with E-state index in [4.69, 9.17) is 0 Å². The first kappa shape index (κ1) is 15.7. The number of hydrogen-bond acceptors (Lipinski definition) is 3. The van der Waals surface area contributed by atoms with Gasteiger partial charge in [-0.05, 0) is 60.7 Å². The van der Waals surface area contributed by atoms with Gasteiger partial charge in [0.25, 0.3) is 0 Å². The third kappa shape index (κ3) is 5.11. The molecule has 1 aromatic rings. The lowest BCUT2D eigenvalue weighted by molar-refractivity contribution is 0.576. The fraction of sp³-hybridized carbons (Fsp3) is 0.500. The van der Waals surface area contributed by atoms with Crippen LogP contribution in [0.5, 0.6) is 0 Å². The minimum atomic E-state index is -3.33. The zero-order valence-corrected chi connectivity index (χ0v) is 13.6. The van der Waals surface area contributed by atoms with Crippen molar-refractivity contribution in [3.63, 3.8) is 0 Å². The van der Waals surface area contributed by atoms with E-state index in [9.17, 15) is 8.42 Å². The second-order valence-corrected chi connectivity index (χ2v) is 7.52. The molecule has 0 radical (unpaired) electrons. The van der Waals surface area contributed by atoms with Crippen molar-refractivity contribution >= 4 is 38.3 Å². The number of nitrogens with one attached hydrogen (secondary N) is 2. The van der Waals surface area contributed by atoms with Crippen LogP contribution in [0.25, 0.3) is 0 Å². The molecule has 0 aliphatic carbocycles. The fourth-order valence-corrected chi connectivity index (χ4v) is 2.95. The van der Waals surface area contributed by atoms with Crippen molar-refractivity contribution < 1.29 is 8.42 Å². The number of rotatable bonds is 7. The van der Waals surface area contributed by atoms with Crippen molar-refractivity contribution in [2.45, 2.75) is 25.5 Å². The minimum absolute atomic E-state index is 0.457. The zero-order valence-electron chi connectivity index (χ0n) is 10.6. The molecule has 0 spiro atoms. The van der Waals surface area contributed by atoms with E-state index < -0.39 is 15.3 Å². The summed E-state index contributed by atoms with van der Waals surface area (Å²) < 4.78 is 27.7. The molecule has 0 aromatic heterocycles. The Labute approximate surface area is 123 Å². The molecule has 4 nitrogen and oxygen atoms in total. The van der Waals surface area contributed by atoms with Gasteiger partial charge in [-0.25, -0.2) is 8.42 Å². The summed E-state index contributed by atoms with van der Waals surface area (Å²) in [6.07, 6.45) is 0.997. The molecule has 0 saturated heterocycles. The molecular weight excluding hydrogens is 363 g/mol. The van der Waals surface area contributed by atoms with Crippen LogP contribution >= 0.6 is 22.6 Å². The average molecular weight is 382 g/mol. The van der Waals surface area contributed by atoms with Gasteiger partial charge in [-0.3, -0.25) is 4.72 Å². The van der Waals surface area contributed by atoms with Crippen molar-refractivity contribution in [1.29, 1.82) is 0 Å². The van der Waals surface area contributed by atoms with Crippen LogP contribution in [0.3, 0.4) is 0 Å². The van der Waals surface area contributed by atoms with Crippen molar-refractivity contribution in [1.82, 2.24) is 5.32 Å². The highest BCUT2D eigenvalue weighted by atomic mass is 127. The quantitative estimate of drug-likeness (QED) is 0.563. The first-order valence-electron chi connectivity index (χ1n) is 5.93. The third-order valence-corrected chi connectivity index (χ3v) is 4.89. The Balaban J connectivity index is 2.64. The van der Waals surface area contributed by atoms with Crippen LogP contribution in [0.4, 0.5) is 5.69 Å². The predicted molar refractivity (Wildman–Crippen MR) is 84.3 cm³/mol. The lowest BCUT2D eigenvalue weighted by atomic mass is 10.3. The van der Waals surface area contributed by atoms with Crippen LogP contribution in [-0.2, 0) is 10.0 Å². The molecule has 1 unspecified atom stereocenters. The molecule has 0 saturated carbocycles.